The number of hydrogen-bond donors (Lipinski definition) is 0. The van der Waals surface area contributed by atoms with E-state index in [1.807, 2.05) is 0 Å². The third-order valence-electron chi connectivity index (χ3n) is 2.70. The quantitative estimate of drug-likeness (QED) is 0.606. The smallest absolute Gasteiger partial charge is 0.00853 e. The third kappa shape index (κ3) is 1.41. The Morgan fingerprint density at radius 3 is 2.69 bits per heavy atom. The fourth-order valence-electron chi connectivity index (χ4n) is 2.08. The molecule has 0 N–H and O–H groups in total. The fraction of sp³-hybridized carbons (Fsp3) is 0.385. The molecule has 0 amide bonds. The van der Waals surface area contributed by atoms with Crippen LogP contribution in [0.1, 0.15) is 42.0 Å². The van der Waals surface area contributed by atoms with Gasteiger partial charge in [-0.2, -0.15) is 0 Å². The van der Waals surface area contributed by atoms with E-state index in [4.69, 9.17) is 0 Å². The van der Waals surface area contributed by atoms with Crippen LogP contribution in [0.5, 0.6) is 0 Å². The summed E-state index contributed by atoms with van der Waals surface area (Å²) in [5.41, 5.74) is 5.89. The zero-order valence-corrected chi connectivity index (χ0v) is 8.59. The Kier molecular flexibility index (Phi) is 1.99. The van der Waals surface area contributed by atoms with Crippen LogP contribution in [-0.4, -0.2) is 0 Å². The van der Waals surface area contributed by atoms with Gasteiger partial charge in [0.15, 0.2) is 0 Å². The minimum Gasteiger partial charge on any atom is -0.0795 e. The molecule has 0 bridgehead atoms. The Bertz CT molecular complexity index is 357. The molecule has 13 heavy (non-hydrogen) atoms. The first-order valence-corrected chi connectivity index (χ1v) is 4.98. The Morgan fingerprint density at radius 2 is 2.00 bits per heavy atom. The monoisotopic (exact) mass is 172 g/mol. The highest BCUT2D eigenvalue weighted by molar-refractivity contribution is 5.63. The van der Waals surface area contributed by atoms with E-state index < -0.39 is 0 Å². The van der Waals surface area contributed by atoms with Crippen molar-refractivity contribution in [2.45, 2.75) is 33.1 Å². The van der Waals surface area contributed by atoms with Gasteiger partial charge in [-0.25, -0.2) is 0 Å². The number of allylic oxidation sites excluding steroid dienone is 1. The van der Waals surface area contributed by atoms with E-state index in [9.17, 15) is 0 Å². The van der Waals surface area contributed by atoms with E-state index >= 15 is 0 Å². The van der Waals surface area contributed by atoms with E-state index in [-0.39, 0.29) is 0 Å². The van der Waals surface area contributed by atoms with Crippen molar-refractivity contribution < 1.29 is 0 Å². The highest BCUT2D eigenvalue weighted by Crippen LogP contribution is 2.29. The molecule has 1 aliphatic rings. The van der Waals surface area contributed by atoms with Crippen molar-refractivity contribution in [3.63, 3.8) is 0 Å². The normalized spacial score (nSPS) is 13.8. The second-order valence-corrected chi connectivity index (χ2v) is 4.18. The largest absolute Gasteiger partial charge is 0.0795 e. The standard InChI is InChI=1S/C13H16/c1-9(2)13-8-10(3)7-11-5-4-6-12(11)13/h4-5,7-9H,6H2,1-3H3. The van der Waals surface area contributed by atoms with Crippen LogP contribution in [-0.2, 0) is 6.42 Å². The first-order chi connectivity index (χ1) is 6.18. The van der Waals surface area contributed by atoms with Gasteiger partial charge in [-0.1, -0.05) is 43.7 Å². The molecule has 0 unspecified atom stereocenters. The Labute approximate surface area is 80.3 Å². The molecular weight excluding hydrogens is 156 g/mol. The van der Waals surface area contributed by atoms with Crippen LogP contribution in [0.25, 0.3) is 6.08 Å². The van der Waals surface area contributed by atoms with Gasteiger partial charge in [-0.05, 0) is 36.0 Å². The molecule has 1 aromatic carbocycles. The zero-order valence-electron chi connectivity index (χ0n) is 8.59. The van der Waals surface area contributed by atoms with Crippen molar-refractivity contribution in [1.29, 1.82) is 0 Å². The van der Waals surface area contributed by atoms with Gasteiger partial charge in [-0.15, -0.1) is 0 Å². The van der Waals surface area contributed by atoms with E-state index in [1.165, 1.54) is 16.7 Å². The summed E-state index contributed by atoms with van der Waals surface area (Å²) in [6.45, 7) is 6.72. The van der Waals surface area contributed by atoms with Crippen LogP contribution >= 0.6 is 0 Å². The van der Waals surface area contributed by atoms with Gasteiger partial charge in [0.25, 0.3) is 0 Å². The number of benzene rings is 1. The average Bonchev–Trinajstić information content (AvgIpc) is 2.49. The summed E-state index contributed by atoms with van der Waals surface area (Å²) in [7, 11) is 0. The van der Waals surface area contributed by atoms with Crippen molar-refractivity contribution in [2.24, 2.45) is 0 Å². The molecule has 0 aromatic heterocycles. The summed E-state index contributed by atoms with van der Waals surface area (Å²) < 4.78 is 0. The summed E-state index contributed by atoms with van der Waals surface area (Å²) in [4.78, 5) is 0. The molecule has 1 aromatic rings. The Balaban J connectivity index is 2.59. The molecule has 0 saturated heterocycles. The lowest BCUT2D eigenvalue weighted by Crippen LogP contribution is -1.96. The molecule has 68 valence electrons. The van der Waals surface area contributed by atoms with Crippen molar-refractivity contribution >= 4 is 6.08 Å². The van der Waals surface area contributed by atoms with Gasteiger partial charge in [0.2, 0.25) is 0 Å². The predicted octanol–water partition coefficient (Wildman–Crippen LogP) is 3.69. The maximum Gasteiger partial charge on any atom is -0.00853 e. The van der Waals surface area contributed by atoms with Gasteiger partial charge in [-0.3, -0.25) is 0 Å². The molecule has 0 aliphatic heterocycles. The highest BCUT2D eigenvalue weighted by atomic mass is 14.2. The summed E-state index contributed by atoms with van der Waals surface area (Å²) in [5, 5.41) is 0. The SMILES string of the molecule is Cc1cc2c(c(C(C)C)c1)CC=C2. The van der Waals surface area contributed by atoms with Crippen molar-refractivity contribution in [3.05, 3.63) is 40.5 Å². The van der Waals surface area contributed by atoms with E-state index in [2.05, 4.69) is 45.1 Å². The third-order valence-corrected chi connectivity index (χ3v) is 2.70. The van der Waals surface area contributed by atoms with Gasteiger partial charge in [0.05, 0.1) is 0 Å². The van der Waals surface area contributed by atoms with E-state index in [0.717, 1.165) is 6.42 Å². The summed E-state index contributed by atoms with van der Waals surface area (Å²) in [6.07, 6.45) is 5.63. The van der Waals surface area contributed by atoms with E-state index in [1.54, 1.807) is 5.56 Å². The minimum absolute atomic E-state index is 0.647. The minimum atomic E-state index is 0.647. The zero-order chi connectivity index (χ0) is 9.42. The molecule has 0 nitrogen and oxygen atoms in total. The average molecular weight is 172 g/mol. The number of aryl methyl sites for hydroxylation is 1. The van der Waals surface area contributed by atoms with Crippen LogP contribution < -0.4 is 0 Å². The molecule has 0 fully saturated rings. The fourth-order valence-corrected chi connectivity index (χ4v) is 2.08. The maximum absolute atomic E-state index is 2.33. The summed E-state index contributed by atoms with van der Waals surface area (Å²) in [5.74, 6) is 0.647. The molecule has 0 heterocycles. The first kappa shape index (κ1) is 8.55. The summed E-state index contributed by atoms with van der Waals surface area (Å²) >= 11 is 0. The van der Waals surface area contributed by atoms with Crippen LogP contribution in [0.2, 0.25) is 0 Å². The molecule has 0 radical (unpaired) electrons. The molecule has 1 aliphatic carbocycles. The molecule has 0 spiro atoms. The Hall–Kier alpha value is -1.04. The van der Waals surface area contributed by atoms with Gasteiger partial charge >= 0.3 is 0 Å². The molecule has 0 heteroatoms. The van der Waals surface area contributed by atoms with Crippen molar-refractivity contribution in [2.75, 3.05) is 0 Å². The van der Waals surface area contributed by atoms with E-state index in [0.29, 0.717) is 5.92 Å². The highest BCUT2D eigenvalue weighted by Gasteiger charge is 2.12. The second kappa shape index (κ2) is 3.02. The predicted molar refractivity (Wildman–Crippen MR) is 58.0 cm³/mol. The van der Waals surface area contributed by atoms with Gasteiger partial charge < -0.3 is 0 Å². The summed E-state index contributed by atoms with van der Waals surface area (Å²) in [6, 6.07) is 4.61. The van der Waals surface area contributed by atoms with Crippen LogP contribution in [0, 0.1) is 6.92 Å². The van der Waals surface area contributed by atoms with Crippen LogP contribution in [0.15, 0.2) is 18.2 Å². The molecule has 0 atom stereocenters. The second-order valence-electron chi connectivity index (χ2n) is 4.18. The van der Waals surface area contributed by atoms with Crippen molar-refractivity contribution in [3.8, 4) is 0 Å². The first-order valence-electron chi connectivity index (χ1n) is 4.98. The lowest BCUT2D eigenvalue weighted by molar-refractivity contribution is 0.849. The van der Waals surface area contributed by atoms with Gasteiger partial charge in [0, 0.05) is 0 Å². The lowest BCUT2D eigenvalue weighted by atomic mass is 9.92. The molecular formula is C13H16. The maximum atomic E-state index is 2.33. The number of fused-ring (bicyclic) bond motifs is 1. The Morgan fingerprint density at radius 1 is 1.23 bits per heavy atom. The van der Waals surface area contributed by atoms with Crippen LogP contribution in [0.3, 0.4) is 0 Å². The topological polar surface area (TPSA) is 0 Å². The lowest BCUT2D eigenvalue weighted by Gasteiger charge is -2.13. The molecule has 2 rings (SSSR count). The van der Waals surface area contributed by atoms with Crippen LogP contribution in [0.4, 0.5) is 0 Å². The number of hydrogen-bond acceptors (Lipinski definition) is 0. The van der Waals surface area contributed by atoms with Gasteiger partial charge in [0.1, 0.15) is 0 Å². The van der Waals surface area contributed by atoms with Crippen molar-refractivity contribution in [1.82, 2.24) is 0 Å². The molecule has 0 saturated carbocycles. The number of rotatable bonds is 1.